The Hall–Kier alpha value is -7.95. The number of para-hydroxylation sites is 1. The van der Waals surface area contributed by atoms with Crippen molar-refractivity contribution in [3.8, 4) is 78.7 Å². The Morgan fingerprint density at radius 3 is 1.34 bits per heavy atom. The lowest BCUT2D eigenvalue weighted by atomic mass is 9.95. The Morgan fingerprint density at radius 2 is 0.695 bits per heavy atom. The molecule has 0 aliphatic rings. The van der Waals surface area contributed by atoms with Crippen molar-refractivity contribution in [1.29, 1.82) is 0 Å². The zero-order valence-corrected chi connectivity index (χ0v) is 32.0. The Kier molecular flexibility index (Phi) is 8.45. The topological polar surface area (TPSA) is 51.8 Å². The summed E-state index contributed by atoms with van der Waals surface area (Å²) in [5, 5.41) is 4.63. The van der Waals surface area contributed by atoms with E-state index in [1.54, 1.807) is 0 Å². The highest BCUT2D eigenvalue weighted by Crippen LogP contribution is 2.38. The molecular formula is C55H35N3O. The fourth-order valence-corrected chi connectivity index (χ4v) is 8.09. The van der Waals surface area contributed by atoms with Crippen molar-refractivity contribution in [2.45, 2.75) is 0 Å². The van der Waals surface area contributed by atoms with Crippen molar-refractivity contribution in [2.24, 2.45) is 0 Å². The summed E-state index contributed by atoms with van der Waals surface area (Å²) >= 11 is 0. The van der Waals surface area contributed by atoms with Gasteiger partial charge in [-0.05, 0) is 85.6 Å². The molecule has 0 atom stereocenters. The summed E-state index contributed by atoms with van der Waals surface area (Å²) in [7, 11) is 0. The van der Waals surface area contributed by atoms with Crippen molar-refractivity contribution in [1.82, 2.24) is 15.0 Å². The molecule has 276 valence electrons. The average Bonchev–Trinajstić information content (AvgIpc) is 3.71. The van der Waals surface area contributed by atoms with E-state index in [2.05, 4.69) is 182 Å². The number of furan rings is 1. The van der Waals surface area contributed by atoms with Crippen LogP contribution in [0.1, 0.15) is 0 Å². The van der Waals surface area contributed by atoms with Gasteiger partial charge in [0.05, 0.1) is 0 Å². The molecule has 0 aliphatic carbocycles. The molecule has 0 amide bonds. The van der Waals surface area contributed by atoms with Gasteiger partial charge in [-0.25, -0.2) is 15.0 Å². The van der Waals surface area contributed by atoms with Crippen LogP contribution in [-0.4, -0.2) is 15.0 Å². The summed E-state index contributed by atoms with van der Waals surface area (Å²) in [5.74, 6) is 1.88. The van der Waals surface area contributed by atoms with E-state index in [4.69, 9.17) is 19.4 Å². The minimum atomic E-state index is 0.623. The van der Waals surface area contributed by atoms with Gasteiger partial charge in [0.15, 0.2) is 17.5 Å². The minimum absolute atomic E-state index is 0.623. The van der Waals surface area contributed by atoms with Crippen LogP contribution in [0.2, 0.25) is 0 Å². The van der Waals surface area contributed by atoms with Crippen LogP contribution in [-0.2, 0) is 0 Å². The zero-order chi connectivity index (χ0) is 39.1. The molecule has 0 bridgehead atoms. The van der Waals surface area contributed by atoms with Crippen molar-refractivity contribution in [2.75, 3.05) is 0 Å². The predicted molar refractivity (Wildman–Crippen MR) is 243 cm³/mol. The molecular weight excluding hydrogens is 719 g/mol. The normalized spacial score (nSPS) is 11.4. The molecule has 0 saturated heterocycles. The lowest BCUT2D eigenvalue weighted by molar-refractivity contribution is 0.669. The van der Waals surface area contributed by atoms with Crippen LogP contribution >= 0.6 is 0 Å². The first-order valence-corrected chi connectivity index (χ1v) is 19.8. The molecule has 2 heterocycles. The SMILES string of the molecule is c1ccc(-c2ccc(-c3nc(-c4ccc(-c5ccccc5)cc4)nc(-c4cccc(-c5ccc6cc(-c7cccc8oc9ccccc9c78)ccc6c5)c4)n3)cc2)cc1. The second-order valence-electron chi connectivity index (χ2n) is 14.8. The van der Waals surface area contributed by atoms with Gasteiger partial charge in [0, 0.05) is 27.5 Å². The number of hydrogen-bond donors (Lipinski definition) is 0. The first-order chi connectivity index (χ1) is 29.2. The summed E-state index contributed by atoms with van der Waals surface area (Å²) in [6, 6.07) is 74.1. The number of aromatic nitrogens is 3. The zero-order valence-electron chi connectivity index (χ0n) is 32.0. The number of rotatable bonds is 7. The first-order valence-electron chi connectivity index (χ1n) is 19.8. The van der Waals surface area contributed by atoms with Crippen molar-refractivity contribution in [3.05, 3.63) is 212 Å². The molecule has 0 fully saturated rings. The van der Waals surface area contributed by atoms with E-state index in [1.807, 2.05) is 30.3 Å². The molecule has 59 heavy (non-hydrogen) atoms. The van der Waals surface area contributed by atoms with E-state index in [0.29, 0.717) is 17.5 Å². The first kappa shape index (κ1) is 34.3. The minimum Gasteiger partial charge on any atom is -0.456 e. The van der Waals surface area contributed by atoms with Crippen LogP contribution in [0.5, 0.6) is 0 Å². The standard InChI is InChI=1S/C55H35N3O/c1-3-11-36(12-4-1)38-21-25-40(26-22-38)53-56-54(41-27-23-39(24-28-41)37-13-5-2-6-14-37)58-55(57-53)47-16-9-15-42(35-47)43-29-30-45-34-46(32-31-44(45)33-43)48-18-10-20-51-52(48)49-17-7-8-19-50(49)59-51/h1-35H. The number of hydrogen-bond acceptors (Lipinski definition) is 4. The van der Waals surface area contributed by atoms with E-state index in [1.165, 1.54) is 27.5 Å². The molecule has 2 aromatic heterocycles. The molecule has 11 rings (SSSR count). The smallest absolute Gasteiger partial charge is 0.164 e. The Labute approximate surface area is 341 Å². The highest BCUT2D eigenvalue weighted by atomic mass is 16.3. The van der Waals surface area contributed by atoms with E-state index in [9.17, 15) is 0 Å². The molecule has 4 nitrogen and oxygen atoms in total. The second-order valence-corrected chi connectivity index (χ2v) is 14.8. The quantitative estimate of drug-likeness (QED) is 0.163. The monoisotopic (exact) mass is 753 g/mol. The van der Waals surface area contributed by atoms with Crippen LogP contribution in [0.3, 0.4) is 0 Å². The van der Waals surface area contributed by atoms with Crippen LogP contribution in [0, 0.1) is 0 Å². The maximum atomic E-state index is 6.19. The molecule has 0 radical (unpaired) electrons. The highest BCUT2D eigenvalue weighted by Gasteiger charge is 2.16. The average molecular weight is 754 g/mol. The predicted octanol–water partition coefficient (Wildman–Crippen LogP) is 14.6. The van der Waals surface area contributed by atoms with Crippen LogP contribution in [0.4, 0.5) is 0 Å². The van der Waals surface area contributed by atoms with Crippen LogP contribution in [0.25, 0.3) is 111 Å². The van der Waals surface area contributed by atoms with Gasteiger partial charge in [0.25, 0.3) is 0 Å². The van der Waals surface area contributed by atoms with Crippen LogP contribution < -0.4 is 0 Å². The number of benzene rings is 9. The summed E-state index contributed by atoms with van der Waals surface area (Å²) in [4.78, 5) is 15.2. The third-order valence-corrected chi connectivity index (χ3v) is 11.1. The van der Waals surface area contributed by atoms with Gasteiger partial charge in [0.2, 0.25) is 0 Å². The maximum absolute atomic E-state index is 6.19. The molecule has 0 spiro atoms. The van der Waals surface area contributed by atoms with E-state index >= 15 is 0 Å². The molecule has 11 aromatic rings. The van der Waals surface area contributed by atoms with Gasteiger partial charge < -0.3 is 4.42 Å². The number of nitrogens with zero attached hydrogens (tertiary/aromatic N) is 3. The number of fused-ring (bicyclic) bond motifs is 4. The van der Waals surface area contributed by atoms with Gasteiger partial charge in [-0.2, -0.15) is 0 Å². The molecule has 0 unspecified atom stereocenters. The molecule has 9 aromatic carbocycles. The molecule has 0 saturated carbocycles. The lowest BCUT2D eigenvalue weighted by Gasteiger charge is -2.11. The van der Waals surface area contributed by atoms with Gasteiger partial charge in [-0.3, -0.25) is 0 Å². The van der Waals surface area contributed by atoms with E-state index in [0.717, 1.165) is 66.4 Å². The van der Waals surface area contributed by atoms with E-state index < -0.39 is 0 Å². The molecule has 0 N–H and O–H groups in total. The van der Waals surface area contributed by atoms with Crippen molar-refractivity contribution < 1.29 is 4.42 Å². The second kappa shape index (κ2) is 14.5. The van der Waals surface area contributed by atoms with E-state index in [-0.39, 0.29) is 0 Å². The Bertz CT molecular complexity index is 3200. The maximum Gasteiger partial charge on any atom is 0.164 e. The third kappa shape index (κ3) is 6.53. The lowest BCUT2D eigenvalue weighted by Crippen LogP contribution is -2.00. The van der Waals surface area contributed by atoms with Crippen molar-refractivity contribution in [3.63, 3.8) is 0 Å². The van der Waals surface area contributed by atoms with Crippen molar-refractivity contribution >= 4 is 32.7 Å². The Balaban J connectivity index is 0.960. The van der Waals surface area contributed by atoms with Gasteiger partial charge >= 0.3 is 0 Å². The summed E-state index contributed by atoms with van der Waals surface area (Å²) in [6.45, 7) is 0. The fourth-order valence-electron chi connectivity index (χ4n) is 8.09. The summed E-state index contributed by atoms with van der Waals surface area (Å²) < 4.78 is 6.19. The largest absolute Gasteiger partial charge is 0.456 e. The third-order valence-electron chi connectivity index (χ3n) is 11.1. The fraction of sp³-hybridized carbons (Fsp3) is 0. The Morgan fingerprint density at radius 1 is 0.271 bits per heavy atom. The molecule has 4 heteroatoms. The summed E-state index contributed by atoms with van der Waals surface area (Å²) in [5.41, 5.74) is 13.7. The van der Waals surface area contributed by atoms with Gasteiger partial charge in [-0.1, -0.05) is 182 Å². The summed E-state index contributed by atoms with van der Waals surface area (Å²) in [6.07, 6.45) is 0. The molecule has 0 aliphatic heterocycles. The van der Waals surface area contributed by atoms with Gasteiger partial charge in [-0.15, -0.1) is 0 Å². The van der Waals surface area contributed by atoms with Gasteiger partial charge in [0.1, 0.15) is 11.2 Å². The van der Waals surface area contributed by atoms with Crippen LogP contribution in [0.15, 0.2) is 217 Å². The highest BCUT2D eigenvalue weighted by molar-refractivity contribution is 6.13.